The second kappa shape index (κ2) is 6.02. The minimum Gasteiger partial charge on any atom is -0.497 e. The van der Waals surface area contributed by atoms with Gasteiger partial charge in [0.05, 0.1) is 7.11 Å². The molecule has 5 heteroatoms. The van der Waals surface area contributed by atoms with E-state index < -0.39 is 11.6 Å². The highest BCUT2D eigenvalue weighted by Crippen LogP contribution is 2.23. The zero-order chi connectivity index (χ0) is 13.8. The molecule has 0 bridgehead atoms. The summed E-state index contributed by atoms with van der Waals surface area (Å²) in [6, 6.07) is 9.30. The van der Waals surface area contributed by atoms with Crippen molar-refractivity contribution in [1.82, 2.24) is 0 Å². The van der Waals surface area contributed by atoms with E-state index in [0.717, 1.165) is 27.9 Å². The van der Waals surface area contributed by atoms with Gasteiger partial charge >= 0.3 is 0 Å². The standard InChI is InChI=1S/C14H12BrF2NO/c1-19-11-3-4-12(15)9(6-11)8-18-10-2-5-13(16)14(17)7-10/h2-7,18H,8H2,1H3. The first kappa shape index (κ1) is 13.8. The average molecular weight is 328 g/mol. The van der Waals surface area contributed by atoms with Crippen LogP contribution < -0.4 is 10.1 Å². The molecule has 0 unspecified atom stereocenters. The van der Waals surface area contributed by atoms with E-state index >= 15 is 0 Å². The third kappa shape index (κ3) is 3.44. The van der Waals surface area contributed by atoms with Crippen LogP contribution in [0.2, 0.25) is 0 Å². The maximum atomic E-state index is 13.1. The van der Waals surface area contributed by atoms with Crippen LogP contribution in [0.25, 0.3) is 0 Å². The predicted molar refractivity (Wildman–Crippen MR) is 74.4 cm³/mol. The fourth-order valence-electron chi connectivity index (χ4n) is 1.62. The summed E-state index contributed by atoms with van der Waals surface area (Å²) in [4.78, 5) is 0. The zero-order valence-corrected chi connectivity index (χ0v) is 11.8. The van der Waals surface area contributed by atoms with Crippen molar-refractivity contribution in [2.24, 2.45) is 0 Å². The van der Waals surface area contributed by atoms with Gasteiger partial charge in [-0.15, -0.1) is 0 Å². The molecule has 0 aliphatic carbocycles. The summed E-state index contributed by atoms with van der Waals surface area (Å²) in [5.41, 5.74) is 1.48. The Hall–Kier alpha value is -1.62. The second-order valence-electron chi connectivity index (χ2n) is 3.94. The molecule has 19 heavy (non-hydrogen) atoms. The number of anilines is 1. The molecule has 0 aliphatic heterocycles. The van der Waals surface area contributed by atoms with Gasteiger partial charge < -0.3 is 10.1 Å². The van der Waals surface area contributed by atoms with Gasteiger partial charge in [0, 0.05) is 22.8 Å². The molecule has 2 aromatic rings. The van der Waals surface area contributed by atoms with Crippen molar-refractivity contribution in [2.75, 3.05) is 12.4 Å². The highest BCUT2D eigenvalue weighted by atomic mass is 79.9. The summed E-state index contributed by atoms with van der Waals surface area (Å²) < 4.78 is 31.9. The van der Waals surface area contributed by atoms with Gasteiger partial charge in [-0.3, -0.25) is 0 Å². The van der Waals surface area contributed by atoms with E-state index in [1.807, 2.05) is 18.2 Å². The van der Waals surface area contributed by atoms with Gasteiger partial charge in [-0.1, -0.05) is 15.9 Å². The van der Waals surface area contributed by atoms with E-state index in [-0.39, 0.29) is 0 Å². The molecule has 0 atom stereocenters. The summed E-state index contributed by atoms with van der Waals surface area (Å²) in [7, 11) is 1.59. The Morgan fingerprint density at radius 2 is 1.89 bits per heavy atom. The summed E-state index contributed by atoms with van der Waals surface area (Å²) in [6.45, 7) is 0.475. The second-order valence-corrected chi connectivity index (χ2v) is 4.79. The monoisotopic (exact) mass is 327 g/mol. The molecule has 0 aliphatic rings. The lowest BCUT2D eigenvalue weighted by Crippen LogP contribution is -2.01. The molecule has 0 saturated heterocycles. The van der Waals surface area contributed by atoms with E-state index in [2.05, 4.69) is 21.2 Å². The molecular formula is C14H12BrF2NO. The maximum absolute atomic E-state index is 13.1. The van der Waals surface area contributed by atoms with Gasteiger partial charge in [0.25, 0.3) is 0 Å². The third-order valence-corrected chi connectivity index (χ3v) is 3.43. The maximum Gasteiger partial charge on any atom is 0.160 e. The van der Waals surface area contributed by atoms with Crippen molar-refractivity contribution in [3.63, 3.8) is 0 Å². The summed E-state index contributed by atoms with van der Waals surface area (Å²) in [6.07, 6.45) is 0. The SMILES string of the molecule is COc1ccc(Br)c(CNc2ccc(F)c(F)c2)c1. The number of hydrogen-bond acceptors (Lipinski definition) is 2. The van der Waals surface area contributed by atoms with E-state index in [0.29, 0.717) is 12.2 Å². The normalized spacial score (nSPS) is 10.3. The first-order valence-electron chi connectivity index (χ1n) is 5.61. The number of hydrogen-bond donors (Lipinski definition) is 1. The van der Waals surface area contributed by atoms with Gasteiger partial charge in [-0.25, -0.2) is 8.78 Å². The van der Waals surface area contributed by atoms with Crippen LogP contribution in [0.1, 0.15) is 5.56 Å². The number of benzene rings is 2. The average Bonchev–Trinajstić information content (AvgIpc) is 2.41. The number of methoxy groups -OCH3 is 1. The third-order valence-electron chi connectivity index (χ3n) is 2.66. The van der Waals surface area contributed by atoms with Crippen molar-refractivity contribution in [2.45, 2.75) is 6.54 Å². The molecule has 1 N–H and O–H groups in total. The van der Waals surface area contributed by atoms with Crippen molar-refractivity contribution in [3.8, 4) is 5.75 Å². The summed E-state index contributed by atoms with van der Waals surface area (Å²) >= 11 is 3.43. The Morgan fingerprint density at radius 1 is 1.11 bits per heavy atom. The first-order valence-corrected chi connectivity index (χ1v) is 6.41. The molecule has 2 nitrogen and oxygen atoms in total. The van der Waals surface area contributed by atoms with Crippen molar-refractivity contribution < 1.29 is 13.5 Å². The minimum atomic E-state index is -0.866. The van der Waals surface area contributed by atoms with Crippen molar-refractivity contribution in [1.29, 1.82) is 0 Å². The summed E-state index contributed by atoms with van der Waals surface area (Å²) in [5.74, 6) is -0.979. The smallest absolute Gasteiger partial charge is 0.160 e. The van der Waals surface area contributed by atoms with Crippen LogP contribution in [0.5, 0.6) is 5.75 Å². The Morgan fingerprint density at radius 3 is 2.58 bits per heavy atom. The Balaban J connectivity index is 2.11. The van der Waals surface area contributed by atoms with E-state index in [9.17, 15) is 8.78 Å². The quantitative estimate of drug-likeness (QED) is 0.901. The van der Waals surface area contributed by atoms with Crippen LogP contribution >= 0.6 is 15.9 Å². The molecule has 0 spiro atoms. The molecule has 0 heterocycles. The first-order chi connectivity index (χ1) is 9.10. The van der Waals surface area contributed by atoms with Gasteiger partial charge in [0.1, 0.15) is 5.75 Å². The Bertz CT molecular complexity index is 590. The van der Waals surface area contributed by atoms with Crippen LogP contribution in [0, 0.1) is 11.6 Å². The van der Waals surface area contributed by atoms with Crippen LogP contribution in [-0.4, -0.2) is 7.11 Å². The van der Waals surface area contributed by atoms with Gasteiger partial charge in [-0.05, 0) is 35.9 Å². The molecule has 0 amide bonds. The lowest BCUT2D eigenvalue weighted by Gasteiger charge is -2.10. The van der Waals surface area contributed by atoms with Crippen LogP contribution in [-0.2, 0) is 6.54 Å². The largest absolute Gasteiger partial charge is 0.497 e. The fourth-order valence-corrected chi connectivity index (χ4v) is 2.00. The predicted octanol–water partition coefficient (Wildman–Crippen LogP) is 4.35. The minimum absolute atomic E-state index is 0.475. The number of rotatable bonds is 4. The highest BCUT2D eigenvalue weighted by Gasteiger charge is 2.05. The molecule has 2 rings (SSSR count). The van der Waals surface area contributed by atoms with Crippen LogP contribution in [0.4, 0.5) is 14.5 Å². The van der Waals surface area contributed by atoms with E-state index in [4.69, 9.17) is 4.74 Å². The van der Waals surface area contributed by atoms with Crippen molar-refractivity contribution >= 4 is 21.6 Å². The van der Waals surface area contributed by atoms with Gasteiger partial charge in [0.15, 0.2) is 11.6 Å². The number of ether oxygens (including phenoxy) is 1. The van der Waals surface area contributed by atoms with E-state index in [1.165, 1.54) is 6.07 Å². The van der Waals surface area contributed by atoms with Gasteiger partial charge in [-0.2, -0.15) is 0 Å². The zero-order valence-electron chi connectivity index (χ0n) is 10.2. The molecule has 100 valence electrons. The van der Waals surface area contributed by atoms with Crippen LogP contribution in [0.3, 0.4) is 0 Å². The molecule has 0 fully saturated rings. The lowest BCUT2D eigenvalue weighted by molar-refractivity contribution is 0.414. The molecule has 0 saturated carbocycles. The Kier molecular flexibility index (Phi) is 4.37. The van der Waals surface area contributed by atoms with Crippen molar-refractivity contribution in [3.05, 3.63) is 58.1 Å². The van der Waals surface area contributed by atoms with E-state index in [1.54, 1.807) is 7.11 Å². The molecule has 0 aromatic heterocycles. The summed E-state index contributed by atoms with van der Waals surface area (Å²) in [5, 5.41) is 3.03. The molecular weight excluding hydrogens is 316 g/mol. The lowest BCUT2D eigenvalue weighted by atomic mass is 10.2. The topological polar surface area (TPSA) is 21.3 Å². The fraction of sp³-hybridized carbons (Fsp3) is 0.143. The highest BCUT2D eigenvalue weighted by molar-refractivity contribution is 9.10. The number of halogens is 3. The molecule has 0 radical (unpaired) electrons. The number of nitrogens with one attached hydrogen (secondary N) is 1. The molecule has 2 aromatic carbocycles. The Labute approximate surface area is 118 Å². The van der Waals surface area contributed by atoms with Crippen LogP contribution in [0.15, 0.2) is 40.9 Å². The van der Waals surface area contributed by atoms with Gasteiger partial charge in [0.2, 0.25) is 0 Å².